The number of rotatable bonds is 1. The first-order valence-corrected chi connectivity index (χ1v) is 5.33. The van der Waals surface area contributed by atoms with Gasteiger partial charge in [-0.25, -0.2) is 13.8 Å². The van der Waals surface area contributed by atoms with Gasteiger partial charge >= 0.3 is 6.18 Å². The minimum atomic E-state index is -4.79. The second kappa shape index (κ2) is 4.69. The van der Waals surface area contributed by atoms with E-state index >= 15 is 0 Å². The van der Waals surface area contributed by atoms with Crippen molar-refractivity contribution in [2.75, 3.05) is 0 Å². The first-order valence-electron chi connectivity index (χ1n) is 4.92. The number of nitrogens with one attached hydrogen (secondary N) is 1. The minimum absolute atomic E-state index is 0.413. The maximum atomic E-state index is 13.5. The third-order valence-electron chi connectivity index (χ3n) is 2.24. The number of nitrogens with zero attached hydrogens (tertiary/aromatic N) is 1. The molecule has 0 bridgehead atoms. The summed E-state index contributed by atoms with van der Waals surface area (Å²) in [6.45, 7) is 0. The van der Waals surface area contributed by atoms with Gasteiger partial charge in [-0.2, -0.15) is 13.2 Å². The zero-order chi connectivity index (χ0) is 14.2. The van der Waals surface area contributed by atoms with E-state index in [1.54, 1.807) is 0 Å². The molecule has 0 atom stereocenters. The molecule has 0 fully saturated rings. The Hall–Kier alpha value is -1.83. The van der Waals surface area contributed by atoms with Crippen LogP contribution in [0.2, 0.25) is 0 Å². The summed E-state index contributed by atoms with van der Waals surface area (Å²) >= 11 is 4.57. The van der Waals surface area contributed by atoms with Crippen molar-refractivity contribution >= 4 is 12.2 Å². The summed E-state index contributed by atoms with van der Waals surface area (Å²) in [5.74, 6) is -3.40. The van der Waals surface area contributed by atoms with Crippen molar-refractivity contribution in [2.24, 2.45) is 0 Å². The normalized spacial score (nSPS) is 11.6. The maximum absolute atomic E-state index is 13.5. The maximum Gasteiger partial charge on any atom is 0.449 e. The molecule has 1 aromatic carbocycles. The van der Waals surface area contributed by atoms with E-state index in [1.165, 1.54) is 0 Å². The highest BCUT2D eigenvalue weighted by atomic mass is 32.1. The minimum Gasteiger partial charge on any atom is -0.335 e. The highest BCUT2D eigenvalue weighted by Gasteiger charge is 2.34. The zero-order valence-corrected chi connectivity index (χ0v) is 9.87. The average Bonchev–Trinajstić information content (AvgIpc) is 2.26. The Morgan fingerprint density at radius 1 is 1.11 bits per heavy atom. The van der Waals surface area contributed by atoms with Crippen LogP contribution in [0.25, 0.3) is 11.3 Å². The van der Waals surface area contributed by atoms with E-state index < -0.39 is 39.5 Å². The number of hydrogen-bond acceptors (Lipinski definition) is 2. The molecule has 0 aliphatic carbocycles. The van der Waals surface area contributed by atoms with Crippen LogP contribution in [0.1, 0.15) is 5.82 Å². The van der Waals surface area contributed by atoms with Crippen molar-refractivity contribution < 1.29 is 22.0 Å². The molecule has 0 aliphatic heterocycles. The van der Waals surface area contributed by atoms with E-state index in [-0.39, 0.29) is 0 Å². The van der Waals surface area contributed by atoms with Gasteiger partial charge in [0, 0.05) is 0 Å². The van der Waals surface area contributed by atoms with Gasteiger partial charge in [0.05, 0.1) is 11.3 Å². The zero-order valence-electron chi connectivity index (χ0n) is 9.05. The van der Waals surface area contributed by atoms with Gasteiger partial charge in [0.1, 0.15) is 16.3 Å². The Bertz CT molecular complexity index is 657. The lowest BCUT2D eigenvalue weighted by molar-refractivity contribution is -0.145. The van der Waals surface area contributed by atoms with Crippen LogP contribution in [0.15, 0.2) is 24.3 Å². The number of H-pyrrole nitrogens is 1. The quantitative estimate of drug-likeness (QED) is 0.633. The molecule has 1 N–H and O–H groups in total. The van der Waals surface area contributed by atoms with Gasteiger partial charge in [0.2, 0.25) is 5.82 Å². The van der Waals surface area contributed by atoms with Gasteiger partial charge < -0.3 is 4.98 Å². The first-order chi connectivity index (χ1) is 8.79. The van der Waals surface area contributed by atoms with E-state index in [9.17, 15) is 22.0 Å². The van der Waals surface area contributed by atoms with E-state index in [0.29, 0.717) is 0 Å². The molecular weight excluding hydrogens is 287 g/mol. The van der Waals surface area contributed by atoms with Crippen LogP contribution in [0.3, 0.4) is 0 Å². The first kappa shape index (κ1) is 13.6. The van der Waals surface area contributed by atoms with E-state index in [0.717, 1.165) is 24.3 Å². The Morgan fingerprint density at radius 2 is 1.68 bits per heavy atom. The predicted molar refractivity (Wildman–Crippen MR) is 59.8 cm³/mol. The number of alkyl halides is 3. The molecule has 19 heavy (non-hydrogen) atoms. The Labute approximate surface area is 108 Å². The lowest BCUT2D eigenvalue weighted by atomic mass is 10.1. The van der Waals surface area contributed by atoms with Crippen molar-refractivity contribution in [1.82, 2.24) is 9.97 Å². The summed E-state index contributed by atoms with van der Waals surface area (Å²) in [7, 11) is 0. The molecule has 2 rings (SSSR count). The molecule has 0 saturated carbocycles. The van der Waals surface area contributed by atoms with E-state index in [1.807, 2.05) is 4.98 Å². The summed E-state index contributed by atoms with van der Waals surface area (Å²) in [4.78, 5) is 4.92. The molecule has 0 unspecified atom stereocenters. The Balaban J connectivity index is 2.70. The van der Waals surface area contributed by atoms with Crippen LogP contribution in [0, 0.1) is 16.3 Å². The van der Waals surface area contributed by atoms with Crippen LogP contribution in [0.4, 0.5) is 22.0 Å². The van der Waals surface area contributed by atoms with Gasteiger partial charge in [0.15, 0.2) is 0 Å². The summed E-state index contributed by atoms with van der Waals surface area (Å²) in [6, 6.07) is 3.94. The molecular formula is C11H5F5N2S. The van der Waals surface area contributed by atoms with Crippen LogP contribution in [-0.4, -0.2) is 9.97 Å². The fourth-order valence-electron chi connectivity index (χ4n) is 1.48. The average molecular weight is 292 g/mol. The number of benzene rings is 1. The number of aromatic amines is 1. The van der Waals surface area contributed by atoms with Crippen molar-refractivity contribution in [1.29, 1.82) is 0 Å². The molecule has 8 heteroatoms. The molecule has 2 aromatic rings. The molecule has 2 nitrogen and oxygen atoms in total. The largest absolute Gasteiger partial charge is 0.449 e. The SMILES string of the molecule is Fc1cccc(F)c1-c1cc(=S)nc(C(F)(F)F)[nH]1. The van der Waals surface area contributed by atoms with Crippen LogP contribution in [-0.2, 0) is 6.18 Å². The van der Waals surface area contributed by atoms with Gasteiger partial charge in [-0.05, 0) is 18.2 Å². The van der Waals surface area contributed by atoms with Gasteiger partial charge in [-0.1, -0.05) is 18.3 Å². The topological polar surface area (TPSA) is 28.7 Å². The summed E-state index contributed by atoms with van der Waals surface area (Å²) in [5, 5.41) is 0. The highest BCUT2D eigenvalue weighted by Crippen LogP contribution is 2.29. The monoisotopic (exact) mass is 292 g/mol. The lowest BCUT2D eigenvalue weighted by Crippen LogP contribution is -2.12. The second-order valence-corrected chi connectivity index (χ2v) is 3.99. The van der Waals surface area contributed by atoms with Crippen molar-refractivity contribution in [2.45, 2.75) is 6.18 Å². The van der Waals surface area contributed by atoms with Gasteiger partial charge in [-0.3, -0.25) is 0 Å². The second-order valence-electron chi connectivity index (χ2n) is 3.58. The standard InChI is InChI=1S/C11H5F5N2S/c12-5-2-1-3-6(13)9(5)7-4-8(19)18-10(17-7)11(14,15)16/h1-4H,(H,17,18,19). The molecule has 1 aromatic heterocycles. The summed E-state index contributed by atoms with van der Waals surface area (Å²) < 4.78 is 64.2. The van der Waals surface area contributed by atoms with Crippen LogP contribution < -0.4 is 0 Å². The summed E-state index contributed by atoms with van der Waals surface area (Å²) in [6.07, 6.45) is -4.79. The molecule has 100 valence electrons. The summed E-state index contributed by atoms with van der Waals surface area (Å²) in [5.41, 5.74) is -1.02. The lowest BCUT2D eigenvalue weighted by Gasteiger charge is -2.09. The third kappa shape index (κ3) is 2.78. The number of aromatic nitrogens is 2. The Morgan fingerprint density at radius 3 is 2.21 bits per heavy atom. The molecule has 0 aliphatic rings. The van der Waals surface area contributed by atoms with Crippen molar-refractivity contribution in [3.05, 3.63) is 46.4 Å². The third-order valence-corrected chi connectivity index (χ3v) is 2.45. The fourth-order valence-corrected chi connectivity index (χ4v) is 1.69. The van der Waals surface area contributed by atoms with Gasteiger partial charge in [0.25, 0.3) is 0 Å². The van der Waals surface area contributed by atoms with Crippen molar-refractivity contribution in [3.8, 4) is 11.3 Å². The molecule has 0 saturated heterocycles. The van der Waals surface area contributed by atoms with E-state index in [4.69, 9.17) is 0 Å². The Kier molecular flexibility index (Phi) is 3.36. The predicted octanol–water partition coefficient (Wildman–Crippen LogP) is 4.10. The highest BCUT2D eigenvalue weighted by molar-refractivity contribution is 7.71. The van der Waals surface area contributed by atoms with Gasteiger partial charge in [-0.15, -0.1) is 0 Å². The molecule has 0 amide bonds. The molecule has 0 radical (unpaired) electrons. The molecule has 1 heterocycles. The fraction of sp³-hybridized carbons (Fsp3) is 0.0909. The van der Waals surface area contributed by atoms with E-state index in [2.05, 4.69) is 17.2 Å². The van der Waals surface area contributed by atoms with Crippen LogP contribution in [0.5, 0.6) is 0 Å². The van der Waals surface area contributed by atoms with Crippen LogP contribution >= 0.6 is 12.2 Å². The number of hydrogen-bond donors (Lipinski definition) is 1. The molecule has 0 spiro atoms. The van der Waals surface area contributed by atoms with Crippen molar-refractivity contribution in [3.63, 3.8) is 0 Å². The smallest absolute Gasteiger partial charge is 0.335 e. The number of halogens is 5.